The summed E-state index contributed by atoms with van der Waals surface area (Å²) in [5, 5.41) is -0.550. The minimum absolute atomic E-state index is 0.103. The average Bonchev–Trinajstić information content (AvgIpc) is 2.52. The Labute approximate surface area is 140 Å². The highest BCUT2D eigenvalue weighted by molar-refractivity contribution is 7.92. The Kier molecular flexibility index (Phi) is 5.86. The summed E-state index contributed by atoms with van der Waals surface area (Å²) in [6.07, 6.45) is 7.92. The van der Waals surface area contributed by atoms with E-state index in [0.717, 1.165) is 12.8 Å². The van der Waals surface area contributed by atoms with Gasteiger partial charge < -0.3 is 0 Å². The second-order valence-electron chi connectivity index (χ2n) is 7.59. The molecule has 0 N–H and O–H groups in total. The molecule has 23 heavy (non-hydrogen) atoms. The van der Waals surface area contributed by atoms with E-state index in [1.807, 2.05) is 0 Å². The standard InChI is InChI=1S/C19H27NO2S/c1-19(2,3)15-17(13-12-16-9-5-4-6-10-16)23(21,22)18-11-7-8-14-20-18/h7-8,11,14,16-17H,4-6,9-10,15H2,1-3H3. The van der Waals surface area contributed by atoms with Gasteiger partial charge in [-0.25, -0.2) is 13.4 Å². The maximum atomic E-state index is 12.9. The van der Waals surface area contributed by atoms with Gasteiger partial charge in [-0.05, 0) is 36.8 Å². The van der Waals surface area contributed by atoms with Crippen LogP contribution in [0.15, 0.2) is 29.4 Å². The number of rotatable bonds is 3. The van der Waals surface area contributed by atoms with Gasteiger partial charge in [0.05, 0.1) is 0 Å². The fourth-order valence-corrected chi connectivity index (χ4v) is 4.62. The lowest BCUT2D eigenvalue weighted by Crippen LogP contribution is -2.26. The van der Waals surface area contributed by atoms with Crippen molar-refractivity contribution in [2.75, 3.05) is 0 Å². The zero-order valence-corrected chi connectivity index (χ0v) is 15.2. The Bertz CT molecular complexity index is 657. The molecule has 1 aliphatic rings. The first-order valence-corrected chi connectivity index (χ1v) is 10.00. The molecule has 3 nitrogen and oxygen atoms in total. The van der Waals surface area contributed by atoms with Crippen molar-refractivity contribution < 1.29 is 8.42 Å². The highest BCUT2D eigenvalue weighted by Gasteiger charge is 2.31. The van der Waals surface area contributed by atoms with Crippen LogP contribution in [0.2, 0.25) is 0 Å². The van der Waals surface area contributed by atoms with Crippen LogP contribution in [-0.2, 0) is 9.84 Å². The van der Waals surface area contributed by atoms with Gasteiger partial charge in [0.25, 0.3) is 0 Å². The molecule has 4 heteroatoms. The molecule has 0 aromatic carbocycles. The summed E-state index contributed by atoms with van der Waals surface area (Å²) in [5.41, 5.74) is -0.103. The Balaban J connectivity index is 2.29. The number of hydrogen-bond donors (Lipinski definition) is 0. The summed E-state index contributed by atoms with van der Waals surface area (Å²) in [5.74, 6) is 6.72. The Morgan fingerprint density at radius 2 is 1.91 bits per heavy atom. The van der Waals surface area contributed by atoms with Crippen molar-refractivity contribution in [2.24, 2.45) is 11.3 Å². The molecule has 1 aliphatic carbocycles. The van der Waals surface area contributed by atoms with Crippen LogP contribution in [0.25, 0.3) is 0 Å². The van der Waals surface area contributed by atoms with Crippen molar-refractivity contribution in [3.63, 3.8) is 0 Å². The van der Waals surface area contributed by atoms with Crippen molar-refractivity contribution in [1.82, 2.24) is 4.98 Å². The average molecular weight is 333 g/mol. The van der Waals surface area contributed by atoms with Gasteiger partial charge in [0.15, 0.2) is 5.03 Å². The maximum absolute atomic E-state index is 12.9. The van der Waals surface area contributed by atoms with E-state index in [9.17, 15) is 8.42 Å². The molecule has 1 aromatic rings. The van der Waals surface area contributed by atoms with E-state index in [4.69, 9.17) is 0 Å². The number of sulfone groups is 1. The lowest BCUT2D eigenvalue weighted by molar-refractivity contribution is 0.381. The third-order valence-corrected chi connectivity index (χ3v) is 6.01. The first-order chi connectivity index (χ1) is 10.8. The normalized spacial score (nSPS) is 18.0. The monoisotopic (exact) mass is 333 g/mol. The molecule has 0 radical (unpaired) electrons. The van der Waals surface area contributed by atoms with Crippen LogP contribution in [0, 0.1) is 23.2 Å². The van der Waals surface area contributed by atoms with Crippen molar-refractivity contribution in [2.45, 2.75) is 69.6 Å². The second-order valence-corrected chi connectivity index (χ2v) is 9.67. The van der Waals surface area contributed by atoms with Gasteiger partial charge in [-0.2, -0.15) is 0 Å². The summed E-state index contributed by atoms with van der Waals surface area (Å²) in [6, 6.07) is 5.00. The first-order valence-electron chi connectivity index (χ1n) is 8.45. The zero-order valence-electron chi connectivity index (χ0n) is 14.4. The van der Waals surface area contributed by atoms with Crippen LogP contribution in [-0.4, -0.2) is 18.7 Å². The summed E-state index contributed by atoms with van der Waals surface area (Å²) >= 11 is 0. The van der Waals surface area contributed by atoms with Gasteiger partial charge in [-0.15, -0.1) is 0 Å². The predicted octanol–water partition coefficient (Wildman–Crippen LogP) is 4.24. The van der Waals surface area contributed by atoms with E-state index in [1.54, 1.807) is 18.2 Å². The van der Waals surface area contributed by atoms with E-state index in [0.29, 0.717) is 12.3 Å². The van der Waals surface area contributed by atoms with E-state index >= 15 is 0 Å². The molecular weight excluding hydrogens is 306 g/mol. The summed E-state index contributed by atoms with van der Waals surface area (Å²) < 4.78 is 25.8. The number of hydrogen-bond acceptors (Lipinski definition) is 3. The summed E-state index contributed by atoms with van der Waals surface area (Å²) in [4.78, 5) is 4.04. The fourth-order valence-electron chi connectivity index (χ4n) is 2.91. The van der Waals surface area contributed by atoms with Crippen molar-refractivity contribution in [3.05, 3.63) is 24.4 Å². The second kappa shape index (κ2) is 7.49. The molecule has 2 rings (SSSR count). The maximum Gasteiger partial charge on any atom is 0.209 e. The predicted molar refractivity (Wildman–Crippen MR) is 93.6 cm³/mol. The molecule has 126 valence electrons. The molecule has 1 fully saturated rings. The molecule has 0 amide bonds. The van der Waals surface area contributed by atoms with Gasteiger partial charge in [0.1, 0.15) is 5.25 Å². The number of aromatic nitrogens is 1. The third kappa shape index (κ3) is 5.35. The molecule has 0 saturated heterocycles. The minimum Gasteiger partial charge on any atom is -0.245 e. The third-order valence-electron chi connectivity index (χ3n) is 4.16. The van der Waals surface area contributed by atoms with Crippen LogP contribution in [0.1, 0.15) is 59.3 Å². The smallest absolute Gasteiger partial charge is 0.209 e. The zero-order chi connectivity index (χ0) is 16.9. The van der Waals surface area contributed by atoms with Gasteiger partial charge in [0.2, 0.25) is 9.84 Å². The molecule has 1 atom stereocenters. The summed E-state index contributed by atoms with van der Waals surface area (Å²) in [6.45, 7) is 6.16. The molecule has 1 saturated carbocycles. The number of nitrogens with zero attached hydrogens (tertiary/aromatic N) is 1. The highest BCUT2D eigenvalue weighted by atomic mass is 32.2. The van der Waals surface area contributed by atoms with Gasteiger partial charge in [-0.1, -0.05) is 57.9 Å². The first kappa shape index (κ1) is 18.0. The van der Waals surface area contributed by atoms with E-state index in [2.05, 4.69) is 37.6 Å². The highest BCUT2D eigenvalue weighted by Crippen LogP contribution is 2.28. The van der Waals surface area contributed by atoms with Crippen LogP contribution < -0.4 is 0 Å². The lowest BCUT2D eigenvalue weighted by atomic mass is 9.88. The van der Waals surface area contributed by atoms with Crippen LogP contribution >= 0.6 is 0 Å². The summed E-state index contributed by atoms with van der Waals surface area (Å²) in [7, 11) is -3.52. The molecule has 0 aliphatic heterocycles. The van der Waals surface area contributed by atoms with Crippen LogP contribution in [0.4, 0.5) is 0 Å². The SMILES string of the molecule is CC(C)(C)CC(C#CC1CCCCC1)S(=O)(=O)c1ccccn1. The van der Waals surface area contributed by atoms with E-state index in [1.165, 1.54) is 25.5 Å². The van der Waals surface area contributed by atoms with Crippen molar-refractivity contribution in [3.8, 4) is 11.8 Å². The number of pyridine rings is 1. The minimum atomic E-state index is -3.52. The lowest BCUT2D eigenvalue weighted by Gasteiger charge is -2.23. The molecule has 1 aromatic heterocycles. The van der Waals surface area contributed by atoms with E-state index < -0.39 is 15.1 Å². The topological polar surface area (TPSA) is 47.0 Å². The van der Waals surface area contributed by atoms with Gasteiger partial charge in [-0.3, -0.25) is 0 Å². The molecule has 1 unspecified atom stereocenters. The molecule has 1 heterocycles. The molecule has 0 spiro atoms. The Morgan fingerprint density at radius 1 is 1.22 bits per heavy atom. The van der Waals surface area contributed by atoms with Crippen LogP contribution in [0.3, 0.4) is 0 Å². The van der Waals surface area contributed by atoms with E-state index in [-0.39, 0.29) is 10.4 Å². The Morgan fingerprint density at radius 3 is 2.48 bits per heavy atom. The Hall–Kier alpha value is -1.34. The van der Waals surface area contributed by atoms with Crippen LogP contribution in [0.5, 0.6) is 0 Å². The van der Waals surface area contributed by atoms with Crippen molar-refractivity contribution >= 4 is 9.84 Å². The fraction of sp³-hybridized carbons (Fsp3) is 0.632. The van der Waals surface area contributed by atoms with Gasteiger partial charge >= 0.3 is 0 Å². The molecular formula is C19H27NO2S. The van der Waals surface area contributed by atoms with Crippen molar-refractivity contribution in [1.29, 1.82) is 0 Å². The molecule has 0 bridgehead atoms. The van der Waals surface area contributed by atoms with Gasteiger partial charge in [0, 0.05) is 12.1 Å². The quantitative estimate of drug-likeness (QED) is 0.777. The largest absolute Gasteiger partial charge is 0.245 e.